The van der Waals surface area contributed by atoms with Crippen LogP contribution in [0, 0.1) is 11.6 Å². The smallest absolute Gasteiger partial charge is 0.125 e. The van der Waals surface area contributed by atoms with Gasteiger partial charge in [0.05, 0.1) is 15.7 Å². The number of benzene rings is 2. The van der Waals surface area contributed by atoms with Crippen molar-refractivity contribution in [3.8, 4) is 0 Å². The van der Waals surface area contributed by atoms with Gasteiger partial charge in [-0.05, 0) is 30.3 Å². The zero-order chi connectivity index (χ0) is 13.8. The second kappa shape index (κ2) is 5.99. The minimum Gasteiger partial charge on any atom is -0.398 e. The highest BCUT2D eigenvalue weighted by molar-refractivity contribution is 7.80. The maximum atomic E-state index is 12.5. The standard InChI is InChI=1S/C7H4FNS.C6H6FNS/c8-5-1-2-7-6(3-5)9-4-10-7;7-4-1-2-6(9)5(8)3-4/h1-4H;1-3,9H,8H2. The van der Waals surface area contributed by atoms with Gasteiger partial charge in [-0.2, -0.15) is 0 Å². The number of aromatic nitrogens is 1. The lowest BCUT2D eigenvalue weighted by Gasteiger charge is -1.95. The molecule has 0 aliphatic carbocycles. The summed E-state index contributed by atoms with van der Waals surface area (Å²) in [4.78, 5) is 4.57. The van der Waals surface area contributed by atoms with E-state index in [1.165, 1.54) is 41.7 Å². The second-order valence-corrected chi connectivity index (χ2v) is 5.04. The Labute approximate surface area is 118 Å². The lowest BCUT2D eigenvalue weighted by Crippen LogP contribution is -1.86. The van der Waals surface area contributed by atoms with Gasteiger partial charge < -0.3 is 5.73 Å². The van der Waals surface area contributed by atoms with Gasteiger partial charge >= 0.3 is 0 Å². The summed E-state index contributed by atoms with van der Waals surface area (Å²) in [5, 5.41) is 0. The lowest BCUT2D eigenvalue weighted by atomic mass is 10.3. The van der Waals surface area contributed by atoms with Crippen LogP contribution in [0.15, 0.2) is 46.8 Å². The first-order valence-electron chi connectivity index (χ1n) is 5.29. The Bertz CT molecular complexity index is 698. The first-order chi connectivity index (χ1) is 9.06. The normalized spacial score (nSPS) is 10.1. The molecule has 0 bridgehead atoms. The second-order valence-electron chi connectivity index (χ2n) is 3.67. The molecule has 98 valence electrons. The fourth-order valence-electron chi connectivity index (χ4n) is 1.36. The molecule has 2 nitrogen and oxygen atoms in total. The van der Waals surface area contributed by atoms with Crippen LogP contribution in [0.5, 0.6) is 0 Å². The number of halogens is 2. The summed E-state index contributed by atoms with van der Waals surface area (Å²) in [5.41, 5.74) is 8.13. The third-order valence-corrected chi connectivity index (χ3v) is 3.50. The molecule has 0 saturated carbocycles. The maximum absolute atomic E-state index is 12.5. The van der Waals surface area contributed by atoms with Crippen molar-refractivity contribution in [3.63, 3.8) is 0 Å². The molecule has 1 aromatic heterocycles. The number of thiol groups is 1. The van der Waals surface area contributed by atoms with E-state index in [0.717, 1.165) is 10.2 Å². The summed E-state index contributed by atoms with van der Waals surface area (Å²) in [6, 6.07) is 8.70. The van der Waals surface area contributed by atoms with Crippen LogP contribution in [0.2, 0.25) is 0 Å². The fraction of sp³-hybridized carbons (Fsp3) is 0. The average molecular weight is 296 g/mol. The van der Waals surface area contributed by atoms with Crippen LogP contribution in [-0.2, 0) is 0 Å². The maximum Gasteiger partial charge on any atom is 0.125 e. The number of nitrogen functional groups attached to an aromatic ring is 1. The molecule has 0 aliphatic heterocycles. The Morgan fingerprint density at radius 2 is 1.74 bits per heavy atom. The van der Waals surface area contributed by atoms with E-state index in [2.05, 4.69) is 17.6 Å². The number of rotatable bonds is 0. The molecule has 0 fully saturated rings. The number of nitrogens with zero attached hydrogens (tertiary/aromatic N) is 1. The van der Waals surface area contributed by atoms with Gasteiger partial charge in [0.25, 0.3) is 0 Å². The number of nitrogens with two attached hydrogens (primary N) is 1. The molecule has 0 aliphatic rings. The van der Waals surface area contributed by atoms with Crippen molar-refractivity contribution in [2.24, 2.45) is 0 Å². The third kappa shape index (κ3) is 3.65. The van der Waals surface area contributed by atoms with Crippen molar-refractivity contribution in [2.45, 2.75) is 4.90 Å². The Kier molecular flexibility index (Phi) is 4.34. The van der Waals surface area contributed by atoms with E-state index in [1.54, 1.807) is 11.6 Å². The number of fused-ring (bicyclic) bond motifs is 1. The van der Waals surface area contributed by atoms with Gasteiger partial charge in [0.1, 0.15) is 11.6 Å². The SMILES string of the molecule is Fc1ccc2scnc2c1.Nc1cc(F)ccc1S. The first kappa shape index (κ1) is 13.8. The molecule has 0 saturated heterocycles. The van der Waals surface area contributed by atoms with Crippen LogP contribution >= 0.6 is 24.0 Å². The lowest BCUT2D eigenvalue weighted by molar-refractivity contribution is 0.627. The van der Waals surface area contributed by atoms with Crippen LogP contribution in [-0.4, -0.2) is 4.98 Å². The summed E-state index contributed by atoms with van der Waals surface area (Å²) in [5.74, 6) is -0.552. The van der Waals surface area contributed by atoms with Crippen molar-refractivity contribution in [2.75, 3.05) is 5.73 Å². The summed E-state index contributed by atoms with van der Waals surface area (Å²) < 4.78 is 25.7. The Hall–Kier alpha value is -1.66. The topological polar surface area (TPSA) is 38.9 Å². The quantitative estimate of drug-likeness (QED) is 0.483. The molecular formula is C13H10F2N2S2. The van der Waals surface area contributed by atoms with E-state index < -0.39 is 0 Å². The number of anilines is 1. The molecule has 3 rings (SSSR count). The molecule has 0 unspecified atom stereocenters. The van der Waals surface area contributed by atoms with Crippen molar-refractivity contribution >= 4 is 39.9 Å². The summed E-state index contributed by atoms with van der Waals surface area (Å²) in [7, 11) is 0. The summed E-state index contributed by atoms with van der Waals surface area (Å²) in [6.07, 6.45) is 0. The van der Waals surface area contributed by atoms with Crippen molar-refractivity contribution in [1.29, 1.82) is 0 Å². The van der Waals surface area contributed by atoms with Gasteiger partial charge in [0, 0.05) is 16.6 Å². The Balaban J connectivity index is 0.000000141. The molecule has 0 radical (unpaired) electrons. The van der Waals surface area contributed by atoms with Gasteiger partial charge in [0.2, 0.25) is 0 Å². The molecule has 1 heterocycles. The third-order valence-electron chi connectivity index (χ3n) is 2.28. The summed E-state index contributed by atoms with van der Waals surface area (Å²) in [6.45, 7) is 0. The van der Waals surface area contributed by atoms with Gasteiger partial charge in [-0.3, -0.25) is 0 Å². The molecule has 2 aromatic carbocycles. The van der Waals surface area contributed by atoms with E-state index in [9.17, 15) is 8.78 Å². The largest absolute Gasteiger partial charge is 0.398 e. The number of hydrogen-bond donors (Lipinski definition) is 2. The minimum absolute atomic E-state index is 0.224. The van der Waals surface area contributed by atoms with Gasteiger partial charge in [-0.25, -0.2) is 13.8 Å². The van der Waals surface area contributed by atoms with Crippen LogP contribution in [0.1, 0.15) is 0 Å². The predicted molar refractivity (Wildman–Crippen MR) is 77.6 cm³/mol. The Morgan fingerprint density at radius 1 is 1.05 bits per heavy atom. The zero-order valence-corrected chi connectivity index (χ0v) is 11.4. The van der Waals surface area contributed by atoms with Crippen molar-refractivity contribution < 1.29 is 8.78 Å². The van der Waals surface area contributed by atoms with Crippen molar-refractivity contribution in [3.05, 3.63) is 53.5 Å². The van der Waals surface area contributed by atoms with Crippen LogP contribution in [0.4, 0.5) is 14.5 Å². The molecule has 0 spiro atoms. The molecule has 3 aromatic rings. The highest BCUT2D eigenvalue weighted by Gasteiger charge is 1.96. The predicted octanol–water partition coefficient (Wildman–Crippen LogP) is 4.13. The number of thiazole rings is 1. The zero-order valence-electron chi connectivity index (χ0n) is 9.68. The van der Waals surface area contributed by atoms with Crippen LogP contribution < -0.4 is 5.73 Å². The molecule has 19 heavy (non-hydrogen) atoms. The minimum atomic E-state index is -0.328. The molecule has 0 amide bonds. The highest BCUT2D eigenvalue weighted by Crippen LogP contribution is 2.17. The van der Waals surface area contributed by atoms with Crippen LogP contribution in [0.3, 0.4) is 0 Å². The first-order valence-corrected chi connectivity index (χ1v) is 6.61. The highest BCUT2D eigenvalue weighted by atomic mass is 32.1. The van der Waals surface area contributed by atoms with E-state index >= 15 is 0 Å². The summed E-state index contributed by atoms with van der Waals surface area (Å²) >= 11 is 5.47. The monoisotopic (exact) mass is 296 g/mol. The fourth-order valence-corrected chi connectivity index (χ4v) is 2.15. The molecular weight excluding hydrogens is 286 g/mol. The average Bonchev–Trinajstić information content (AvgIpc) is 2.82. The Morgan fingerprint density at radius 3 is 2.42 bits per heavy atom. The van der Waals surface area contributed by atoms with Crippen LogP contribution in [0.25, 0.3) is 10.2 Å². The van der Waals surface area contributed by atoms with E-state index in [4.69, 9.17) is 5.73 Å². The van der Waals surface area contributed by atoms with E-state index in [0.29, 0.717) is 10.6 Å². The van der Waals surface area contributed by atoms with Crippen molar-refractivity contribution in [1.82, 2.24) is 4.98 Å². The molecule has 6 heteroatoms. The molecule has 0 atom stereocenters. The van der Waals surface area contributed by atoms with Gasteiger partial charge in [-0.1, -0.05) is 0 Å². The number of hydrogen-bond acceptors (Lipinski definition) is 4. The molecule has 2 N–H and O–H groups in total. The van der Waals surface area contributed by atoms with Gasteiger partial charge in [-0.15, -0.1) is 24.0 Å². The van der Waals surface area contributed by atoms with Gasteiger partial charge in [0.15, 0.2) is 0 Å². The van der Waals surface area contributed by atoms with E-state index in [-0.39, 0.29) is 11.6 Å². The van der Waals surface area contributed by atoms with E-state index in [1.807, 2.05) is 0 Å².